The van der Waals surface area contributed by atoms with Gasteiger partial charge in [-0.15, -0.1) is 0 Å². The molecule has 7 nitrogen and oxygen atoms in total. The fraction of sp³-hybridized carbons (Fsp3) is 0.200. The molecule has 0 saturated carbocycles. The van der Waals surface area contributed by atoms with Crippen molar-refractivity contribution in [3.8, 4) is 0 Å². The molecule has 2 heterocycles. The van der Waals surface area contributed by atoms with Gasteiger partial charge in [-0.25, -0.2) is 14.8 Å². The number of aryl methyl sites for hydroxylation is 2. The van der Waals surface area contributed by atoms with Gasteiger partial charge in [-0.05, 0) is 13.8 Å². The average molecular weight is 234 g/mol. The summed E-state index contributed by atoms with van der Waals surface area (Å²) in [5, 5.41) is 0. The minimum atomic E-state index is -0.993. The molecule has 0 radical (unpaired) electrons. The molecule has 0 fully saturated rings. The summed E-state index contributed by atoms with van der Waals surface area (Å²) in [6, 6.07) is 0. The van der Waals surface area contributed by atoms with Gasteiger partial charge in [0.15, 0.2) is 0 Å². The Morgan fingerprint density at radius 2 is 1.76 bits per heavy atom. The third-order valence-electron chi connectivity index (χ3n) is 2.18. The molecule has 0 amide bonds. The Bertz CT molecular complexity index is 570. The van der Waals surface area contributed by atoms with Gasteiger partial charge in [-0.1, -0.05) is 0 Å². The zero-order valence-electron chi connectivity index (χ0n) is 9.32. The number of hydrogen-bond donors (Lipinski definition) is 0. The third kappa shape index (κ3) is 2.07. The van der Waals surface area contributed by atoms with Crippen LogP contribution >= 0.6 is 0 Å². The van der Waals surface area contributed by atoms with Crippen LogP contribution in [-0.2, 0) is 4.79 Å². The summed E-state index contributed by atoms with van der Waals surface area (Å²) < 4.78 is 2.25. The molecular weight excluding hydrogens is 224 g/mol. The topological polar surface area (TPSA) is 79.0 Å². The van der Waals surface area contributed by atoms with Crippen LogP contribution in [0, 0.1) is 13.8 Å². The number of aromatic nitrogens is 4. The van der Waals surface area contributed by atoms with Gasteiger partial charge in [0.25, 0.3) is 0 Å². The van der Waals surface area contributed by atoms with Crippen molar-refractivity contribution < 1.29 is 14.4 Å². The molecule has 0 N–H and O–H groups in total. The van der Waals surface area contributed by atoms with Crippen LogP contribution in [0.2, 0.25) is 0 Å². The van der Waals surface area contributed by atoms with Gasteiger partial charge in [0.1, 0.15) is 11.6 Å². The lowest BCUT2D eigenvalue weighted by Gasteiger charge is -2.05. The van der Waals surface area contributed by atoms with Crippen molar-refractivity contribution >= 4 is 11.9 Å². The minimum absolute atomic E-state index is 0.425. The Morgan fingerprint density at radius 3 is 2.29 bits per heavy atom. The smallest absolute Gasteiger partial charge is 0.325 e. The largest absolute Gasteiger partial charge is 0.422 e. The highest BCUT2D eigenvalue weighted by atomic mass is 16.7. The second-order valence-corrected chi connectivity index (χ2v) is 3.33. The maximum Gasteiger partial charge on any atom is 0.422 e. The highest BCUT2D eigenvalue weighted by molar-refractivity contribution is 6.33. The summed E-state index contributed by atoms with van der Waals surface area (Å²) in [6.07, 6.45) is 5.75. The Morgan fingerprint density at radius 1 is 1.12 bits per heavy atom. The zero-order chi connectivity index (χ0) is 12.4. The normalized spacial score (nSPS) is 10.2. The van der Waals surface area contributed by atoms with Crippen molar-refractivity contribution in [1.82, 2.24) is 19.3 Å². The molecule has 17 heavy (non-hydrogen) atoms. The molecule has 2 aromatic heterocycles. The zero-order valence-corrected chi connectivity index (χ0v) is 9.32. The van der Waals surface area contributed by atoms with Crippen LogP contribution < -0.4 is 4.84 Å². The van der Waals surface area contributed by atoms with Crippen LogP contribution in [0.1, 0.15) is 16.4 Å². The summed E-state index contributed by atoms with van der Waals surface area (Å²) in [4.78, 5) is 35.8. The van der Waals surface area contributed by atoms with E-state index in [0.717, 1.165) is 9.30 Å². The molecule has 0 saturated heterocycles. The van der Waals surface area contributed by atoms with Gasteiger partial charge in [-0.2, -0.15) is 4.73 Å². The van der Waals surface area contributed by atoms with Gasteiger partial charge >= 0.3 is 11.9 Å². The quantitative estimate of drug-likeness (QED) is 0.648. The predicted molar refractivity (Wildman–Crippen MR) is 56.1 cm³/mol. The third-order valence-corrected chi connectivity index (χ3v) is 2.18. The highest BCUT2D eigenvalue weighted by Crippen LogP contribution is 1.97. The monoisotopic (exact) mass is 234 g/mol. The molecule has 7 heteroatoms. The van der Waals surface area contributed by atoms with Crippen LogP contribution in [0.15, 0.2) is 24.8 Å². The number of carbonyl (C=O) groups is 2. The van der Waals surface area contributed by atoms with Gasteiger partial charge in [0.2, 0.25) is 0 Å². The number of imidazole rings is 2. The molecule has 0 aliphatic rings. The first-order chi connectivity index (χ1) is 8.09. The molecule has 0 bridgehead atoms. The Hall–Kier alpha value is -2.44. The van der Waals surface area contributed by atoms with Crippen LogP contribution in [0.25, 0.3) is 0 Å². The van der Waals surface area contributed by atoms with E-state index in [9.17, 15) is 9.59 Å². The van der Waals surface area contributed by atoms with E-state index >= 15 is 0 Å². The fourth-order valence-electron chi connectivity index (χ4n) is 1.28. The fourth-order valence-corrected chi connectivity index (χ4v) is 1.28. The molecule has 0 aromatic carbocycles. The number of rotatable bonds is 1. The van der Waals surface area contributed by atoms with E-state index in [1.807, 2.05) is 0 Å². The second kappa shape index (κ2) is 4.20. The summed E-state index contributed by atoms with van der Waals surface area (Å²) in [5.41, 5.74) is 0. The minimum Gasteiger partial charge on any atom is -0.325 e. The SMILES string of the molecule is Cc1nccn1OC(=O)C(=O)n1ccnc1C. The van der Waals surface area contributed by atoms with Crippen molar-refractivity contribution in [3.63, 3.8) is 0 Å². The lowest BCUT2D eigenvalue weighted by atomic mass is 10.5. The lowest BCUT2D eigenvalue weighted by Crippen LogP contribution is -2.31. The van der Waals surface area contributed by atoms with E-state index in [1.54, 1.807) is 13.8 Å². The van der Waals surface area contributed by atoms with Crippen LogP contribution in [0.4, 0.5) is 0 Å². The predicted octanol–water partition coefficient (Wildman–Crippen LogP) is -0.00796. The summed E-state index contributed by atoms with van der Waals surface area (Å²) in [5.74, 6) is -0.886. The van der Waals surface area contributed by atoms with Crippen LogP contribution in [-0.4, -0.2) is 31.1 Å². The average Bonchev–Trinajstić information content (AvgIpc) is 2.88. The Kier molecular flexibility index (Phi) is 2.73. The summed E-state index contributed by atoms with van der Waals surface area (Å²) >= 11 is 0. The van der Waals surface area contributed by atoms with E-state index < -0.39 is 11.9 Å². The van der Waals surface area contributed by atoms with Crippen LogP contribution in [0.3, 0.4) is 0 Å². The van der Waals surface area contributed by atoms with E-state index in [0.29, 0.717) is 11.6 Å². The van der Waals surface area contributed by atoms with E-state index in [4.69, 9.17) is 4.84 Å². The standard InChI is InChI=1S/C10H10N4O3/c1-7-11-3-5-13(7)9(15)10(16)17-14-6-4-12-8(14)2/h3-6H,1-2H3. The number of hydrogen-bond acceptors (Lipinski definition) is 5. The molecule has 0 spiro atoms. The molecule has 0 aliphatic carbocycles. The molecule has 0 aliphatic heterocycles. The van der Waals surface area contributed by atoms with Crippen molar-refractivity contribution in [2.45, 2.75) is 13.8 Å². The maximum atomic E-state index is 11.7. The van der Waals surface area contributed by atoms with E-state index in [-0.39, 0.29) is 0 Å². The molecule has 0 atom stereocenters. The molecule has 2 aromatic rings. The number of carbonyl (C=O) groups excluding carboxylic acids is 2. The molecular formula is C10H10N4O3. The summed E-state index contributed by atoms with van der Waals surface area (Å²) in [7, 11) is 0. The highest BCUT2D eigenvalue weighted by Gasteiger charge is 2.20. The first-order valence-electron chi connectivity index (χ1n) is 4.86. The van der Waals surface area contributed by atoms with Crippen LogP contribution in [0.5, 0.6) is 0 Å². The van der Waals surface area contributed by atoms with Crippen molar-refractivity contribution in [3.05, 3.63) is 36.4 Å². The maximum absolute atomic E-state index is 11.7. The second-order valence-electron chi connectivity index (χ2n) is 3.33. The Balaban J connectivity index is 2.14. The van der Waals surface area contributed by atoms with Crippen molar-refractivity contribution in [2.75, 3.05) is 0 Å². The molecule has 0 unspecified atom stereocenters. The van der Waals surface area contributed by atoms with Gasteiger partial charge in [0, 0.05) is 18.6 Å². The van der Waals surface area contributed by atoms with E-state index in [1.165, 1.54) is 24.8 Å². The molecule has 88 valence electrons. The van der Waals surface area contributed by atoms with Gasteiger partial charge in [-0.3, -0.25) is 9.36 Å². The van der Waals surface area contributed by atoms with Gasteiger partial charge < -0.3 is 4.84 Å². The molecule has 2 rings (SSSR count). The van der Waals surface area contributed by atoms with Gasteiger partial charge in [0.05, 0.1) is 6.20 Å². The van der Waals surface area contributed by atoms with E-state index in [2.05, 4.69) is 9.97 Å². The Labute approximate surface area is 96.6 Å². The summed E-state index contributed by atoms with van der Waals surface area (Å²) in [6.45, 7) is 3.27. The number of nitrogens with zero attached hydrogens (tertiary/aromatic N) is 4. The van der Waals surface area contributed by atoms with Crippen molar-refractivity contribution in [1.29, 1.82) is 0 Å². The van der Waals surface area contributed by atoms with Crippen molar-refractivity contribution in [2.24, 2.45) is 0 Å². The first-order valence-corrected chi connectivity index (χ1v) is 4.86. The first kappa shape index (κ1) is 11.1. The lowest BCUT2D eigenvalue weighted by molar-refractivity contribution is -0.139.